The van der Waals surface area contributed by atoms with Crippen molar-refractivity contribution in [1.29, 1.82) is 0 Å². The molecule has 0 spiro atoms. The number of anilines is 1. The number of ether oxygens (including phenoxy) is 3. The Bertz CT molecular complexity index is 1290. The molecule has 4 rings (SSSR count). The standard InChI is InChI=1S/C28H32N4O5S/c1-5-31(17-27(33)29-20-8-6-9-21(15-20)35-2)18-28(34)32-23(16-22(30-32)26-10-7-13-38-26)19-11-12-24(36-3)25(14-19)37-4/h6-15,23H,5,16-18H2,1-4H3,(H,29,33). The van der Waals surface area contributed by atoms with Gasteiger partial charge in [0.25, 0.3) is 5.91 Å². The summed E-state index contributed by atoms with van der Waals surface area (Å²) in [4.78, 5) is 29.1. The molecule has 3 aromatic rings. The summed E-state index contributed by atoms with van der Waals surface area (Å²) in [6.45, 7) is 2.55. The molecule has 2 aromatic carbocycles. The van der Waals surface area contributed by atoms with Crippen LogP contribution < -0.4 is 19.5 Å². The third-order valence-electron chi connectivity index (χ3n) is 6.29. The molecule has 10 heteroatoms. The van der Waals surface area contributed by atoms with Crippen molar-refractivity contribution in [2.75, 3.05) is 46.3 Å². The number of amides is 2. The minimum Gasteiger partial charge on any atom is -0.497 e. The van der Waals surface area contributed by atoms with E-state index in [2.05, 4.69) is 5.32 Å². The molecule has 0 fully saturated rings. The zero-order chi connectivity index (χ0) is 27.1. The van der Waals surface area contributed by atoms with E-state index in [0.717, 1.165) is 16.2 Å². The number of carbonyl (C=O) groups excluding carboxylic acids is 2. The number of likely N-dealkylation sites (N-methyl/N-ethyl adjacent to an activating group) is 1. The van der Waals surface area contributed by atoms with E-state index in [1.54, 1.807) is 60.8 Å². The van der Waals surface area contributed by atoms with Crippen molar-refractivity contribution in [3.63, 3.8) is 0 Å². The Balaban J connectivity index is 1.50. The lowest BCUT2D eigenvalue weighted by atomic mass is 10.0. The number of nitrogens with zero attached hydrogens (tertiary/aromatic N) is 3. The van der Waals surface area contributed by atoms with Gasteiger partial charge in [-0.2, -0.15) is 5.10 Å². The summed E-state index contributed by atoms with van der Waals surface area (Å²) in [7, 11) is 4.75. The number of carbonyl (C=O) groups is 2. The van der Waals surface area contributed by atoms with Gasteiger partial charge in [-0.1, -0.05) is 25.1 Å². The minimum atomic E-state index is -0.302. The first kappa shape index (κ1) is 27.2. The van der Waals surface area contributed by atoms with Crippen LogP contribution in [0.4, 0.5) is 5.69 Å². The predicted octanol–water partition coefficient (Wildman–Crippen LogP) is 4.41. The van der Waals surface area contributed by atoms with Gasteiger partial charge >= 0.3 is 0 Å². The maximum Gasteiger partial charge on any atom is 0.257 e. The molecule has 0 saturated heterocycles. The van der Waals surface area contributed by atoms with Crippen molar-refractivity contribution in [3.8, 4) is 17.2 Å². The molecule has 2 amide bonds. The second kappa shape index (κ2) is 12.6. The number of rotatable bonds is 11. The van der Waals surface area contributed by atoms with Gasteiger partial charge in [-0.15, -0.1) is 11.3 Å². The second-order valence-electron chi connectivity index (χ2n) is 8.68. The molecular weight excluding hydrogens is 504 g/mol. The van der Waals surface area contributed by atoms with Crippen LogP contribution in [0.1, 0.15) is 29.8 Å². The summed E-state index contributed by atoms with van der Waals surface area (Å²) in [5.41, 5.74) is 2.38. The highest BCUT2D eigenvalue weighted by molar-refractivity contribution is 7.12. The third kappa shape index (κ3) is 6.32. The van der Waals surface area contributed by atoms with Crippen molar-refractivity contribution in [3.05, 3.63) is 70.4 Å². The summed E-state index contributed by atoms with van der Waals surface area (Å²) < 4.78 is 16.1. The van der Waals surface area contributed by atoms with E-state index in [-0.39, 0.29) is 30.9 Å². The average molecular weight is 537 g/mol. The van der Waals surface area contributed by atoms with Gasteiger partial charge in [0.05, 0.1) is 51.0 Å². The van der Waals surface area contributed by atoms with Crippen LogP contribution in [-0.2, 0) is 9.59 Å². The maximum atomic E-state index is 13.6. The molecule has 1 N–H and O–H groups in total. The van der Waals surface area contributed by atoms with E-state index in [4.69, 9.17) is 19.3 Å². The lowest BCUT2D eigenvalue weighted by Crippen LogP contribution is -2.41. The zero-order valence-electron chi connectivity index (χ0n) is 22.0. The third-order valence-corrected chi connectivity index (χ3v) is 7.21. The van der Waals surface area contributed by atoms with E-state index in [1.165, 1.54) is 0 Å². The lowest BCUT2D eigenvalue weighted by molar-refractivity contribution is -0.134. The summed E-state index contributed by atoms with van der Waals surface area (Å²) in [6.07, 6.45) is 0.574. The van der Waals surface area contributed by atoms with Gasteiger partial charge in [-0.25, -0.2) is 5.01 Å². The van der Waals surface area contributed by atoms with Crippen LogP contribution in [0.2, 0.25) is 0 Å². The first-order valence-corrected chi connectivity index (χ1v) is 13.1. The minimum absolute atomic E-state index is 0.0487. The maximum absolute atomic E-state index is 13.6. The highest BCUT2D eigenvalue weighted by Gasteiger charge is 2.34. The van der Waals surface area contributed by atoms with E-state index >= 15 is 0 Å². The molecule has 1 unspecified atom stereocenters. The fraction of sp³-hybridized carbons (Fsp3) is 0.321. The Morgan fingerprint density at radius 1 is 1.03 bits per heavy atom. The van der Waals surface area contributed by atoms with Crippen molar-refractivity contribution in [1.82, 2.24) is 9.91 Å². The van der Waals surface area contributed by atoms with Crippen molar-refractivity contribution < 1.29 is 23.8 Å². The van der Waals surface area contributed by atoms with Crippen LogP contribution in [0.15, 0.2) is 65.1 Å². The van der Waals surface area contributed by atoms with Gasteiger partial charge in [0.15, 0.2) is 11.5 Å². The van der Waals surface area contributed by atoms with Crippen LogP contribution in [0, 0.1) is 0 Å². The van der Waals surface area contributed by atoms with Crippen LogP contribution >= 0.6 is 11.3 Å². The normalized spacial score (nSPS) is 14.8. The van der Waals surface area contributed by atoms with Crippen molar-refractivity contribution >= 4 is 34.6 Å². The van der Waals surface area contributed by atoms with Crippen molar-refractivity contribution in [2.45, 2.75) is 19.4 Å². The number of hydrazone groups is 1. The smallest absolute Gasteiger partial charge is 0.257 e. The number of hydrogen-bond acceptors (Lipinski definition) is 8. The number of methoxy groups -OCH3 is 3. The number of thiophene rings is 1. The van der Waals surface area contributed by atoms with Gasteiger partial charge in [-0.3, -0.25) is 14.5 Å². The molecule has 0 saturated carbocycles. The van der Waals surface area contributed by atoms with E-state index < -0.39 is 0 Å². The molecule has 0 radical (unpaired) electrons. The molecule has 9 nitrogen and oxygen atoms in total. The molecule has 1 aliphatic rings. The zero-order valence-corrected chi connectivity index (χ0v) is 22.8. The molecule has 0 bridgehead atoms. The summed E-state index contributed by atoms with van der Waals surface area (Å²) in [6, 6.07) is 16.5. The molecule has 1 aliphatic heterocycles. The van der Waals surface area contributed by atoms with E-state index in [0.29, 0.717) is 35.9 Å². The van der Waals surface area contributed by atoms with Gasteiger partial charge in [0.2, 0.25) is 5.91 Å². The summed E-state index contributed by atoms with van der Waals surface area (Å²) in [5.74, 6) is 1.46. The monoisotopic (exact) mass is 536 g/mol. The van der Waals surface area contributed by atoms with Gasteiger partial charge < -0.3 is 19.5 Å². The Morgan fingerprint density at radius 3 is 2.53 bits per heavy atom. The molecular formula is C28H32N4O5S. The molecule has 1 atom stereocenters. The first-order valence-electron chi connectivity index (χ1n) is 12.3. The Hall–Kier alpha value is -3.89. The quantitative estimate of drug-likeness (QED) is 0.390. The van der Waals surface area contributed by atoms with E-state index in [9.17, 15) is 9.59 Å². The number of nitrogens with one attached hydrogen (secondary N) is 1. The Morgan fingerprint density at radius 2 is 1.84 bits per heavy atom. The first-order chi connectivity index (χ1) is 18.4. The topological polar surface area (TPSA) is 92.7 Å². The largest absolute Gasteiger partial charge is 0.497 e. The summed E-state index contributed by atoms with van der Waals surface area (Å²) >= 11 is 1.59. The molecule has 38 heavy (non-hydrogen) atoms. The Labute approximate surface area is 226 Å². The molecule has 2 heterocycles. The Kier molecular flexibility index (Phi) is 8.98. The highest BCUT2D eigenvalue weighted by atomic mass is 32.1. The van der Waals surface area contributed by atoms with E-state index in [1.807, 2.05) is 48.7 Å². The molecule has 0 aliphatic carbocycles. The fourth-order valence-corrected chi connectivity index (χ4v) is 5.02. The lowest BCUT2D eigenvalue weighted by Gasteiger charge is -2.26. The van der Waals surface area contributed by atoms with Crippen molar-refractivity contribution in [2.24, 2.45) is 5.10 Å². The predicted molar refractivity (Wildman–Crippen MR) is 148 cm³/mol. The van der Waals surface area contributed by atoms with Gasteiger partial charge in [0, 0.05) is 18.2 Å². The molecule has 200 valence electrons. The van der Waals surface area contributed by atoms with Crippen LogP contribution in [0.3, 0.4) is 0 Å². The summed E-state index contributed by atoms with van der Waals surface area (Å²) in [5, 5.41) is 11.1. The molecule has 1 aromatic heterocycles. The highest BCUT2D eigenvalue weighted by Crippen LogP contribution is 2.38. The van der Waals surface area contributed by atoms with Crippen LogP contribution in [-0.4, -0.2) is 68.4 Å². The fourth-order valence-electron chi connectivity index (χ4n) is 4.30. The average Bonchev–Trinajstić information content (AvgIpc) is 3.63. The van der Waals surface area contributed by atoms with Gasteiger partial charge in [0.1, 0.15) is 5.75 Å². The second-order valence-corrected chi connectivity index (χ2v) is 9.63. The van der Waals surface area contributed by atoms with Crippen LogP contribution in [0.25, 0.3) is 0 Å². The van der Waals surface area contributed by atoms with Crippen LogP contribution in [0.5, 0.6) is 17.2 Å². The SMILES string of the molecule is CCN(CC(=O)Nc1cccc(OC)c1)CC(=O)N1N=C(c2cccs2)CC1c1ccc(OC)c(OC)c1. The van der Waals surface area contributed by atoms with Gasteiger partial charge in [-0.05, 0) is 47.8 Å². The number of hydrogen-bond donors (Lipinski definition) is 1. The number of benzene rings is 2.